The minimum absolute atomic E-state index is 0.165. The molecule has 2 saturated heterocycles. The molecule has 0 aliphatic carbocycles. The number of rotatable bonds is 66. The number of hydrogen-bond donors (Lipinski definition) is 11. The molecule has 0 aromatic rings. The minimum Gasteiger partial charge on any atom is -0.457 e. The van der Waals surface area contributed by atoms with Crippen molar-refractivity contribution >= 4 is 47.0 Å². The third-order valence-corrected chi connectivity index (χ3v) is 22.2. The van der Waals surface area contributed by atoms with E-state index in [-0.39, 0.29) is 32.2 Å². The molecule has 0 saturated carbocycles. The number of nitrogens with one attached hydrogen (secondary N) is 2. The lowest BCUT2D eigenvalue weighted by molar-refractivity contribution is -0.299. The Hall–Kier alpha value is -2.11. The quantitative estimate of drug-likeness (QED) is 0.0153. The number of carbonyl (C=O) groups is 4. The molecule has 2 amide bonds. The van der Waals surface area contributed by atoms with Crippen molar-refractivity contribution in [2.45, 2.75) is 422 Å². The third kappa shape index (κ3) is 48.7. The van der Waals surface area contributed by atoms with E-state index in [1.54, 1.807) is 20.8 Å². The Morgan fingerprint density at radius 3 is 1.15 bits per heavy atom. The maximum absolute atomic E-state index is 14.5. The molecule has 2 aliphatic heterocycles. The highest BCUT2D eigenvalue weighted by Gasteiger charge is 2.56. The van der Waals surface area contributed by atoms with Gasteiger partial charge in [0, 0.05) is 13.2 Å². The number of unbranched alkanes of at least 4 members (excludes halogenated alkanes) is 32. The zero-order chi connectivity index (χ0) is 78.8. The van der Waals surface area contributed by atoms with Crippen LogP contribution in [-0.4, -0.2) is 188 Å². The van der Waals surface area contributed by atoms with Gasteiger partial charge in [0.25, 0.3) is 0 Å². The molecule has 2 heterocycles. The molecule has 0 aromatic carbocycles. The van der Waals surface area contributed by atoms with Crippen molar-refractivity contribution < 1.29 is 119 Å². The Morgan fingerprint density at radius 1 is 0.453 bits per heavy atom. The maximum Gasteiger partial charge on any atom is 0.481 e. The highest BCUT2D eigenvalue weighted by atomic mass is 31.3. The Kier molecular flexibility index (Phi) is 54.6. The lowest BCUT2D eigenvalue weighted by atomic mass is 9.95. The van der Waals surface area contributed by atoms with Crippen LogP contribution in [0.1, 0.15) is 331 Å². The van der Waals surface area contributed by atoms with Crippen molar-refractivity contribution in [2.24, 2.45) is 5.73 Å². The predicted molar refractivity (Wildman–Crippen MR) is 406 cm³/mol. The molecular formula is C75H146N3O25P3. The molecule has 0 aromatic heterocycles. The van der Waals surface area contributed by atoms with Crippen molar-refractivity contribution in [1.29, 1.82) is 0 Å². The van der Waals surface area contributed by atoms with Gasteiger partial charge in [-0.05, 0) is 46.5 Å². The van der Waals surface area contributed by atoms with E-state index in [2.05, 4.69) is 38.3 Å². The zero-order valence-corrected chi connectivity index (χ0v) is 68.6. The van der Waals surface area contributed by atoms with Crippen molar-refractivity contribution in [1.82, 2.24) is 10.6 Å². The second-order valence-electron chi connectivity index (χ2n) is 30.4. The summed E-state index contributed by atoms with van der Waals surface area (Å²) in [6.07, 6.45) is 13.8. The third-order valence-electron chi connectivity index (χ3n) is 19.0. The monoisotopic (exact) mass is 1580 g/mol. The van der Waals surface area contributed by atoms with Crippen LogP contribution in [0.5, 0.6) is 0 Å². The van der Waals surface area contributed by atoms with E-state index < -0.39 is 184 Å². The number of nitrogens with two attached hydrogens (primary N) is 1. The highest BCUT2D eigenvalue weighted by Crippen LogP contribution is 2.61. The number of ether oxygens (including phenoxy) is 6. The maximum atomic E-state index is 14.5. The van der Waals surface area contributed by atoms with Gasteiger partial charge in [-0.2, -0.15) is 4.31 Å². The number of phosphoric acid groups is 2. The van der Waals surface area contributed by atoms with Crippen LogP contribution in [0.3, 0.4) is 0 Å². The van der Waals surface area contributed by atoms with Crippen molar-refractivity contribution in [3.63, 3.8) is 0 Å². The SMILES string of the molecule is CCCCCCCCCCC[C@@H](O)CC(=O)NC1[C@@H](OP(C)(=O)O)OC(CO[C@@H]2OC(COC(C)(C)C)[C@@H](OP(=O)(O)OP(=O)(O)OCCN)[C@H](OC(=O)C[C@H](O)CCCCCCCCCCC)C2NC(=O)C[C@H](O)CCCCCCCCCCC)[C@@H](O)[C@@H]1OC(=O)C[C@H](O)CCCCCCCCCCC. The summed E-state index contributed by atoms with van der Waals surface area (Å²) in [7, 11) is -16.0. The Bertz CT molecular complexity index is 2450. The molecule has 2 aliphatic rings. The molecule has 17 atom stereocenters. The number of carbonyl (C=O) groups excluding carboxylic acids is 4. The van der Waals surface area contributed by atoms with Gasteiger partial charge < -0.3 is 85.0 Å². The minimum atomic E-state index is -5.91. The van der Waals surface area contributed by atoms with Gasteiger partial charge in [-0.1, -0.05) is 259 Å². The van der Waals surface area contributed by atoms with E-state index in [9.17, 15) is 73.1 Å². The summed E-state index contributed by atoms with van der Waals surface area (Å²) in [5, 5.41) is 62.8. The number of phosphoric ester groups is 2. The Labute approximate surface area is 635 Å². The van der Waals surface area contributed by atoms with Crippen molar-refractivity contribution in [3.05, 3.63) is 0 Å². The number of hydrogen-bond acceptors (Lipinski definition) is 23. The zero-order valence-electron chi connectivity index (χ0n) is 66.0. The lowest BCUT2D eigenvalue weighted by Crippen LogP contribution is -2.68. The molecule has 2 fully saturated rings. The summed E-state index contributed by atoms with van der Waals surface area (Å²) in [5.41, 5.74) is 4.45. The van der Waals surface area contributed by atoms with Crippen LogP contribution < -0.4 is 16.4 Å². The first-order valence-corrected chi connectivity index (χ1v) is 45.7. The van der Waals surface area contributed by atoms with Gasteiger partial charge in [0.05, 0.1) is 75.5 Å². The number of aliphatic hydroxyl groups excluding tert-OH is 5. The molecule has 12 N–H and O–H groups in total. The fourth-order valence-electron chi connectivity index (χ4n) is 13.1. The van der Waals surface area contributed by atoms with Crippen LogP contribution in [0.25, 0.3) is 0 Å². The summed E-state index contributed by atoms with van der Waals surface area (Å²) in [6.45, 7) is 11.9. The molecule has 0 radical (unpaired) electrons. The van der Waals surface area contributed by atoms with E-state index in [1.807, 2.05) is 0 Å². The summed E-state index contributed by atoms with van der Waals surface area (Å²) >= 11 is 0. The van der Waals surface area contributed by atoms with Gasteiger partial charge in [0.1, 0.15) is 36.5 Å². The molecule has 28 nitrogen and oxygen atoms in total. The number of amides is 2. The van der Waals surface area contributed by atoms with Crippen LogP contribution in [0.2, 0.25) is 0 Å². The largest absolute Gasteiger partial charge is 0.481 e. The van der Waals surface area contributed by atoms with Gasteiger partial charge in [-0.3, -0.25) is 37.3 Å². The van der Waals surface area contributed by atoms with E-state index in [0.717, 1.165) is 180 Å². The van der Waals surface area contributed by atoms with Gasteiger partial charge in [0.2, 0.25) is 11.8 Å². The molecule has 2 rings (SSSR count). The standard InChI is InChI=1S/C75H146N3O25P3/c1-9-13-17-21-25-29-33-37-41-45-57(79)51-63(83)77-67-71(99-65(85)53-59(81)47-43-39-35-31-27-23-19-15-11-3)69(87)61(97-74(67)102-104(8,88)89)55-94-73-68(78-64(84)52-58(80)46-42-38-34-30-26-22-18-14-10-2)72(100-66(86)54-60(82)48-44-40-36-32-28-24-20-16-12-4)70(62(98-73)56-95-75(5,6)7)101-106(92,93)103-105(90,91)96-50-49-76/h57-62,67-74,79-82,87H,9-56,76H2,1-8H3,(H,77,83)(H,78,84)(H,88,89)(H,90,91)(H,92,93)/t57-,58-,59-,60-,61?,62?,67?,68?,69-,70-,71-,72-,73-,74-/m1/s1. The summed E-state index contributed by atoms with van der Waals surface area (Å²) in [6, 6.07) is -3.69. The molecule has 106 heavy (non-hydrogen) atoms. The van der Waals surface area contributed by atoms with Crippen LogP contribution in [0.4, 0.5) is 0 Å². The van der Waals surface area contributed by atoms with E-state index >= 15 is 0 Å². The van der Waals surface area contributed by atoms with E-state index in [0.29, 0.717) is 25.7 Å². The first kappa shape index (κ1) is 100.0. The van der Waals surface area contributed by atoms with E-state index in [1.165, 1.54) is 32.1 Å². The molecule has 626 valence electrons. The first-order valence-electron chi connectivity index (χ1n) is 40.7. The van der Waals surface area contributed by atoms with Crippen LogP contribution >= 0.6 is 23.2 Å². The Morgan fingerprint density at radius 2 is 0.792 bits per heavy atom. The lowest BCUT2D eigenvalue weighted by Gasteiger charge is -2.47. The normalized spacial score (nSPS) is 23.6. The highest BCUT2D eigenvalue weighted by molar-refractivity contribution is 7.61. The van der Waals surface area contributed by atoms with Crippen LogP contribution in [0.15, 0.2) is 0 Å². The average molecular weight is 1580 g/mol. The predicted octanol–water partition coefficient (Wildman–Crippen LogP) is 13.5. The fraction of sp³-hybridized carbons (Fsp3) is 0.947. The van der Waals surface area contributed by atoms with Crippen LogP contribution in [-0.2, 0) is 79.2 Å². The topological polar surface area (TPSA) is 424 Å². The second kappa shape index (κ2) is 57.8. The summed E-state index contributed by atoms with van der Waals surface area (Å²) < 4.78 is 98.8. The van der Waals surface area contributed by atoms with Crippen molar-refractivity contribution in [2.75, 3.05) is 33.0 Å². The van der Waals surface area contributed by atoms with Gasteiger partial charge in [-0.25, -0.2) is 9.13 Å². The summed E-state index contributed by atoms with van der Waals surface area (Å²) in [4.78, 5) is 89.9. The molecule has 0 spiro atoms. The number of aliphatic hydroxyl groups is 5. The second-order valence-corrected chi connectivity index (χ2v) is 35.3. The number of esters is 2. The van der Waals surface area contributed by atoms with Crippen molar-refractivity contribution in [3.8, 4) is 0 Å². The average Bonchev–Trinajstić information content (AvgIpc) is 0.779. The molecule has 7 unspecified atom stereocenters. The van der Waals surface area contributed by atoms with Gasteiger partial charge in [0.15, 0.2) is 24.8 Å². The fourth-order valence-corrected chi connectivity index (χ4v) is 16.0. The molecule has 31 heteroatoms. The molecule has 0 bridgehead atoms. The van der Waals surface area contributed by atoms with Gasteiger partial charge >= 0.3 is 35.2 Å². The smallest absolute Gasteiger partial charge is 0.457 e. The first-order chi connectivity index (χ1) is 50.4. The Balaban J connectivity index is 2.80. The van der Waals surface area contributed by atoms with Gasteiger partial charge in [-0.15, -0.1) is 0 Å². The van der Waals surface area contributed by atoms with E-state index in [4.69, 9.17) is 52.0 Å². The summed E-state index contributed by atoms with van der Waals surface area (Å²) in [5.74, 6) is -3.94. The molecular weight excluding hydrogens is 1440 g/mol. The van der Waals surface area contributed by atoms with Crippen LogP contribution in [0, 0.1) is 0 Å².